The second kappa shape index (κ2) is 6.39. The fourth-order valence-electron chi connectivity index (χ4n) is 2.57. The third-order valence-corrected chi connectivity index (χ3v) is 3.43. The predicted octanol–water partition coefficient (Wildman–Crippen LogP) is 2.87. The van der Waals surface area contributed by atoms with Crippen LogP contribution >= 0.6 is 0 Å². The normalized spacial score (nSPS) is 20.7. The summed E-state index contributed by atoms with van der Waals surface area (Å²) >= 11 is 0. The van der Waals surface area contributed by atoms with Gasteiger partial charge in [-0.15, -0.1) is 0 Å². The second-order valence-electron chi connectivity index (χ2n) is 6.13. The van der Waals surface area contributed by atoms with Gasteiger partial charge in [0.2, 0.25) is 0 Å². The summed E-state index contributed by atoms with van der Waals surface area (Å²) in [6.45, 7) is 6.14. The average Bonchev–Trinajstić information content (AvgIpc) is 2.45. The van der Waals surface area contributed by atoms with E-state index in [1.165, 1.54) is 25.7 Å². The van der Waals surface area contributed by atoms with Gasteiger partial charge in [0.15, 0.2) is 0 Å². The first kappa shape index (κ1) is 14.5. The molecule has 0 amide bonds. The van der Waals surface area contributed by atoms with Crippen molar-refractivity contribution in [1.29, 1.82) is 0 Å². The molecule has 0 aliphatic heterocycles. The van der Waals surface area contributed by atoms with Gasteiger partial charge in [-0.2, -0.15) is 0 Å². The number of carbonyl (C=O) groups excluding carboxylic acids is 1. The van der Waals surface area contributed by atoms with Gasteiger partial charge in [-0.25, -0.2) is 0 Å². The molecular formula is C14H27NO2. The third kappa shape index (κ3) is 5.07. The van der Waals surface area contributed by atoms with Crippen molar-refractivity contribution in [2.45, 2.75) is 64.9 Å². The summed E-state index contributed by atoms with van der Waals surface area (Å²) < 4.78 is 5.47. The number of nitrogens with two attached hydrogens (primary N) is 1. The summed E-state index contributed by atoms with van der Waals surface area (Å²) in [6.07, 6.45) is 7.29. The fourth-order valence-corrected chi connectivity index (χ4v) is 2.57. The summed E-state index contributed by atoms with van der Waals surface area (Å²) in [5, 5.41) is 0. The van der Waals surface area contributed by atoms with E-state index in [1.54, 1.807) is 0 Å². The molecule has 0 aromatic rings. The first-order valence-electron chi connectivity index (χ1n) is 6.87. The summed E-state index contributed by atoms with van der Waals surface area (Å²) in [6, 6.07) is 0. The highest BCUT2D eigenvalue weighted by molar-refractivity contribution is 5.73. The monoisotopic (exact) mass is 241 g/mol. The third-order valence-electron chi connectivity index (χ3n) is 3.43. The van der Waals surface area contributed by atoms with Crippen LogP contribution in [-0.2, 0) is 9.53 Å². The standard InChI is InChI=1S/C14H27NO2/c1-14(2,3)17-13(16)12(10-15)11-8-6-4-5-7-9-11/h11-12H,4-10,15H2,1-3H3. The smallest absolute Gasteiger partial charge is 0.311 e. The number of esters is 1. The Hall–Kier alpha value is -0.570. The van der Waals surface area contributed by atoms with Crippen LogP contribution in [0.15, 0.2) is 0 Å². The van der Waals surface area contributed by atoms with Crippen molar-refractivity contribution >= 4 is 5.97 Å². The predicted molar refractivity (Wildman–Crippen MR) is 69.6 cm³/mol. The molecule has 0 aromatic heterocycles. The van der Waals surface area contributed by atoms with Crippen LogP contribution < -0.4 is 5.73 Å². The zero-order chi connectivity index (χ0) is 12.9. The Kier molecular flexibility index (Phi) is 5.44. The zero-order valence-electron chi connectivity index (χ0n) is 11.5. The quantitative estimate of drug-likeness (QED) is 0.610. The zero-order valence-corrected chi connectivity index (χ0v) is 11.5. The van der Waals surface area contributed by atoms with Gasteiger partial charge >= 0.3 is 5.97 Å². The molecule has 0 spiro atoms. The number of hydrogen-bond acceptors (Lipinski definition) is 3. The van der Waals surface area contributed by atoms with Crippen LogP contribution in [0.25, 0.3) is 0 Å². The van der Waals surface area contributed by atoms with Gasteiger partial charge in [0.1, 0.15) is 5.60 Å². The maximum absolute atomic E-state index is 12.1. The summed E-state index contributed by atoms with van der Waals surface area (Å²) in [7, 11) is 0. The van der Waals surface area contributed by atoms with Crippen molar-refractivity contribution in [3.63, 3.8) is 0 Å². The molecular weight excluding hydrogens is 214 g/mol. The van der Waals surface area contributed by atoms with E-state index in [0.717, 1.165) is 12.8 Å². The van der Waals surface area contributed by atoms with Gasteiger partial charge in [0.05, 0.1) is 5.92 Å². The lowest BCUT2D eigenvalue weighted by atomic mass is 9.86. The van der Waals surface area contributed by atoms with Crippen LogP contribution in [0.1, 0.15) is 59.3 Å². The van der Waals surface area contributed by atoms with Gasteiger partial charge in [0, 0.05) is 6.54 Å². The highest BCUT2D eigenvalue weighted by Gasteiger charge is 2.31. The maximum Gasteiger partial charge on any atom is 0.311 e. The Labute approximate surface area is 105 Å². The van der Waals surface area contributed by atoms with Crippen LogP contribution in [0.4, 0.5) is 0 Å². The van der Waals surface area contributed by atoms with Gasteiger partial charge in [-0.3, -0.25) is 4.79 Å². The van der Waals surface area contributed by atoms with E-state index in [0.29, 0.717) is 12.5 Å². The van der Waals surface area contributed by atoms with E-state index in [-0.39, 0.29) is 11.9 Å². The first-order valence-corrected chi connectivity index (χ1v) is 6.87. The number of ether oxygens (including phenoxy) is 1. The van der Waals surface area contributed by atoms with Crippen molar-refractivity contribution in [3.05, 3.63) is 0 Å². The molecule has 1 fully saturated rings. The SMILES string of the molecule is CC(C)(C)OC(=O)C(CN)C1CCCCCC1. The van der Waals surface area contributed by atoms with Crippen LogP contribution in [-0.4, -0.2) is 18.1 Å². The molecule has 3 nitrogen and oxygen atoms in total. The van der Waals surface area contributed by atoms with Crippen LogP contribution in [0.2, 0.25) is 0 Å². The van der Waals surface area contributed by atoms with Gasteiger partial charge in [-0.1, -0.05) is 25.7 Å². The topological polar surface area (TPSA) is 52.3 Å². The molecule has 1 aliphatic rings. The second-order valence-corrected chi connectivity index (χ2v) is 6.13. The Morgan fingerprint density at radius 1 is 1.24 bits per heavy atom. The Morgan fingerprint density at radius 2 is 1.76 bits per heavy atom. The average molecular weight is 241 g/mol. The van der Waals surface area contributed by atoms with Crippen LogP contribution in [0, 0.1) is 11.8 Å². The molecule has 1 unspecified atom stereocenters. The molecule has 1 aliphatic carbocycles. The summed E-state index contributed by atoms with van der Waals surface area (Å²) in [4.78, 5) is 12.1. The van der Waals surface area contributed by atoms with Gasteiger partial charge in [-0.05, 0) is 39.5 Å². The van der Waals surface area contributed by atoms with Gasteiger partial charge < -0.3 is 10.5 Å². The molecule has 100 valence electrons. The molecule has 1 atom stereocenters. The van der Waals surface area contributed by atoms with Crippen LogP contribution in [0.3, 0.4) is 0 Å². The lowest BCUT2D eigenvalue weighted by molar-refractivity contribution is -0.161. The molecule has 0 radical (unpaired) electrons. The van der Waals surface area contributed by atoms with Crippen molar-refractivity contribution in [2.75, 3.05) is 6.54 Å². The molecule has 1 saturated carbocycles. The molecule has 0 saturated heterocycles. The number of rotatable bonds is 3. The Bertz CT molecular complexity index is 237. The fraction of sp³-hybridized carbons (Fsp3) is 0.929. The molecule has 0 bridgehead atoms. The number of carbonyl (C=O) groups is 1. The molecule has 3 heteroatoms. The van der Waals surface area contributed by atoms with E-state index in [2.05, 4.69) is 0 Å². The van der Waals surface area contributed by atoms with E-state index in [4.69, 9.17) is 10.5 Å². The Morgan fingerprint density at radius 3 is 2.18 bits per heavy atom. The highest BCUT2D eigenvalue weighted by Crippen LogP contribution is 2.30. The van der Waals surface area contributed by atoms with E-state index in [9.17, 15) is 4.79 Å². The minimum Gasteiger partial charge on any atom is -0.460 e. The van der Waals surface area contributed by atoms with E-state index >= 15 is 0 Å². The van der Waals surface area contributed by atoms with Crippen molar-refractivity contribution in [3.8, 4) is 0 Å². The molecule has 0 heterocycles. The lowest BCUT2D eigenvalue weighted by Gasteiger charge is -2.27. The summed E-state index contributed by atoms with van der Waals surface area (Å²) in [5.74, 6) is 0.219. The van der Waals surface area contributed by atoms with E-state index in [1.807, 2.05) is 20.8 Å². The minimum atomic E-state index is -0.408. The number of hydrogen-bond donors (Lipinski definition) is 1. The first-order chi connectivity index (χ1) is 7.94. The van der Waals surface area contributed by atoms with Crippen molar-refractivity contribution in [2.24, 2.45) is 17.6 Å². The van der Waals surface area contributed by atoms with Gasteiger partial charge in [0.25, 0.3) is 0 Å². The van der Waals surface area contributed by atoms with Crippen LogP contribution in [0.5, 0.6) is 0 Å². The molecule has 0 aromatic carbocycles. The highest BCUT2D eigenvalue weighted by atomic mass is 16.6. The molecule has 17 heavy (non-hydrogen) atoms. The molecule has 1 rings (SSSR count). The Balaban J connectivity index is 2.59. The minimum absolute atomic E-state index is 0.104. The molecule has 2 N–H and O–H groups in total. The van der Waals surface area contributed by atoms with Crippen molar-refractivity contribution in [1.82, 2.24) is 0 Å². The lowest BCUT2D eigenvalue weighted by Crippen LogP contribution is -2.36. The van der Waals surface area contributed by atoms with E-state index < -0.39 is 5.60 Å². The largest absolute Gasteiger partial charge is 0.460 e. The van der Waals surface area contributed by atoms with Crippen molar-refractivity contribution < 1.29 is 9.53 Å². The maximum atomic E-state index is 12.1. The summed E-state index contributed by atoms with van der Waals surface area (Å²) in [5.41, 5.74) is 5.37.